The highest BCUT2D eigenvalue weighted by Gasteiger charge is 2.28. The third-order valence-corrected chi connectivity index (χ3v) is 4.71. The van der Waals surface area contributed by atoms with Crippen LogP contribution in [0.1, 0.15) is 31.2 Å². The van der Waals surface area contributed by atoms with Crippen LogP contribution in [0.5, 0.6) is 5.88 Å². The lowest BCUT2D eigenvalue weighted by Crippen LogP contribution is -2.40. The van der Waals surface area contributed by atoms with Crippen LogP contribution in [-0.4, -0.2) is 42.7 Å². The van der Waals surface area contributed by atoms with Gasteiger partial charge in [0.2, 0.25) is 5.88 Å². The van der Waals surface area contributed by atoms with Gasteiger partial charge < -0.3 is 10.1 Å². The highest BCUT2D eigenvalue weighted by atomic mass is 16.5. The Bertz CT molecular complexity index is 406. The van der Waals surface area contributed by atoms with Crippen molar-refractivity contribution in [2.45, 2.75) is 38.3 Å². The third kappa shape index (κ3) is 3.30. The van der Waals surface area contributed by atoms with Crippen LogP contribution < -0.4 is 10.1 Å². The van der Waals surface area contributed by atoms with Crippen molar-refractivity contribution in [2.75, 3.05) is 26.7 Å². The van der Waals surface area contributed by atoms with E-state index in [4.69, 9.17) is 4.74 Å². The maximum atomic E-state index is 5.10. The molecule has 2 aliphatic heterocycles. The zero-order valence-corrected chi connectivity index (χ0v) is 12.3. The van der Waals surface area contributed by atoms with Gasteiger partial charge in [0.15, 0.2) is 0 Å². The summed E-state index contributed by atoms with van der Waals surface area (Å²) < 4.78 is 5.10. The van der Waals surface area contributed by atoms with Crippen molar-refractivity contribution in [3.05, 3.63) is 23.9 Å². The van der Waals surface area contributed by atoms with Crippen molar-refractivity contribution in [3.8, 4) is 5.88 Å². The summed E-state index contributed by atoms with van der Waals surface area (Å²) in [6, 6.07) is 4.86. The molecule has 0 spiro atoms. The Morgan fingerprint density at radius 1 is 1.30 bits per heavy atom. The van der Waals surface area contributed by atoms with Gasteiger partial charge in [-0.2, -0.15) is 0 Å². The molecule has 1 unspecified atom stereocenters. The predicted molar refractivity (Wildman–Crippen MR) is 79.8 cm³/mol. The minimum absolute atomic E-state index is 0.694. The normalized spacial score (nSPS) is 24.9. The SMILES string of the molecule is COc1ccc(CN2CCC(C3CCCN3)CC2)cn1. The molecule has 3 rings (SSSR count). The van der Waals surface area contributed by atoms with Gasteiger partial charge in [-0.05, 0) is 56.8 Å². The second-order valence-electron chi connectivity index (χ2n) is 6.03. The number of nitrogens with zero attached hydrogens (tertiary/aromatic N) is 2. The number of rotatable bonds is 4. The Kier molecular flexibility index (Phi) is 4.53. The van der Waals surface area contributed by atoms with E-state index in [1.807, 2.05) is 12.3 Å². The molecule has 0 radical (unpaired) electrons. The minimum atomic E-state index is 0.694. The lowest BCUT2D eigenvalue weighted by Gasteiger charge is -2.34. The van der Waals surface area contributed by atoms with Crippen LogP contribution in [0.3, 0.4) is 0 Å². The maximum Gasteiger partial charge on any atom is 0.212 e. The van der Waals surface area contributed by atoms with Crippen molar-refractivity contribution >= 4 is 0 Å². The number of pyridine rings is 1. The van der Waals surface area contributed by atoms with Crippen LogP contribution >= 0.6 is 0 Å². The van der Waals surface area contributed by atoms with E-state index in [1.165, 1.54) is 50.9 Å². The van der Waals surface area contributed by atoms with Crippen LogP contribution in [0.15, 0.2) is 18.3 Å². The Balaban J connectivity index is 1.47. The molecule has 1 aromatic rings. The topological polar surface area (TPSA) is 37.4 Å². The average molecular weight is 275 g/mol. The second kappa shape index (κ2) is 6.55. The lowest BCUT2D eigenvalue weighted by molar-refractivity contribution is 0.157. The van der Waals surface area contributed by atoms with Gasteiger partial charge in [0, 0.05) is 24.8 Å². The highest BCUT2D eigenvalue weighted by Crippen LogP contribution is 2.26. The first-order valence-corrected chi connectivity index (χ1v) is 7.80. The van der Waals surface area contributed by atoms with Gasteiger partial charge in [-0.25, -0.2) is 4.98 Å². The first-order valence-electron chi connectivity index (χ1n) is 7.80. The molecular formula is C16H25N3O. The number of ether oxygens (including phenoxy) is 1. The smallest absolute Gasteiger partial charge is 0.212 e. The summed E-state index contributed by atoms with van der Waals surface area (Å²) in [5.74, 6) is 1.59. The molecule has 20 heavy (non-hydrogen) atoms. The summed E-state index contributed by atoms with van der Waals surface area (Å²) >= 11 is 0. The molecule has 110 valence electrons. The Labute approximate surface area is 121 Å². The van der Waals surface area contributed by atoms with E-state index in [9.17, 15) is 0 Å². The van der Waals surface area contributed by atoms with Gasteiger partial charge in [0.05, 0.1) is 7.11 Å². The van der Waals surface area contributed by atoms with Crippen molar-refractivity contribution in [1.29, 1.82) is 0 Å². The summed E-state index contributed by atoms with van der Waals surface area (Å²) in [7, 11) is 1.66. The zero-order chi connectivity index (χ0) is 13.8. The summed E-state index contributed by atoms with van der Waals surface area (Å²) in [6.45, 7) is 4.67. The van der Waals surface area contributed by atoms with Crippen molar-refractivity contribution < 1.29 is 4.74 Å². The number of hydrogen-bond donors (Lipinski definition) is 1. The average Bonchev–Trinajstić information content (AvgIpc) is 3.03. The maximum absolute atomic E-state index is 5.10. The van der Waals surface area contributed by atoms with E-state index in [2.05, 4.69) is 21.3 Å². The van der Waals surface area contributed by atoms with Gasteiger partial charge in [0.1, 0.15) is 0 Å². The second-order valence-corrected chi connectivity index (χ2v) is 6.03. The van der Waals surface area contributed by atoms with Gasteiger partial charge in [-0.15, -0.1) is 0 Å². The fourth-order valence-electron chi connectivity index (χ4n) is 3.51. The Hall–Kier alpha value is -1.13. The van der Waals surface area contributed by atoms with E-state index in [1.54, 1.807) is 7.11 Å². The molecule has 2 saturated heterocycles. The molecule has 0 aromatic carbocycles. The van der Waals surface area contributed by atoms with Crippen molar-refractivity contribution in [3.63, 3.8) is 0 Å². The molecule has 4 nitrogen and oxygen atoms in total. The molecule has 1 atom stereocenters. The lowest BCUT2D eigenvalue weighted by atomic mass is 9.88. The predicted octanol–water partition coefficient (Wildman–Crippen LogP) is 2.05. The molecule has 0 saturated carbocycles. The van der Waals surface area contributed by atoms with Gasteiger partial charge in [0.25, 0.3) is 0 Å². The monoisotopic (exact) mass is 275 g/mol. The quantitative estimate of drug-likeness (QED) is 0.912. The Morgan fingerprint density at radius 2 is 2.15 bits per heavy atom. The Morgan fingerprint density at radius 3 is 2.75 bits per heavy atom. The van der Waals surface area contributed by atoms with E-state index in [-0.39, 0.29) is 0 Å². The number of hydrogen-bond acceptors (Lipinski definition) is 4. The zero-order valence-electron chi connectivity index (χ0n) is 12.3. The number of piperidine rings is 1. The summed E-state index contributed by atoms with van der Waals surface area (Å²) in [5.41, 5.74) is 1.28. The summed E-state index contributed by atoms with van der Waals surface area (Å²) in [5, 5.41) is 3.66. The summed E-state index contributed by atoms with van der Waals surface area (Å²) in [6.07, 6.45) is 7.35. The fourth-order valence-corrected chi connectivity index (χ4v) is 3.51. The minimum Gasteiger partial charge on any atom is -0.481 e. The van der Waals surface area contributed by atoms with Crippen LogP contribution in [0.2, 0.25) is 0 Å². The highest BCUT2D eigenvalue weighted by molar-refractivity contribution is 5.17. The van der Waals surface area contributed by atoms with Gasteiger partial charge in [-0.3, -0.25) is 4.90 Å². The van der Waals surface area contributed by atoms with Gasteiger partial charge in [-0.1, -0.05) is 6.07 Å². The first kappa shape index (κ1) is 13.8. The molecule has 1 aromatic heterocycles. The van der Waals surface area contributed by atoms with Crippen LogP contribution in [0.4, 0.5) is 0 Å². The van der Waals surface area contributed by atoms with E-state index in [0.717, 1.165) is 18.5 Å². The van der Waals surface area contributed by atoms with E-state index < -0.39 is 0 Å². The van der Waals surface area contributed by atoms with E-state index in [0.29, 0.717) is 5.88 Å². The van der Waals surface area contributed by atoms with Crippen molar-refractivity contribution in [1.82, 2.24) is 15.2 Å². The first-order chi connectivity index (χ1) is 9.85. The summed E-state index contributed by atoms with van der Waals surface area (Å²) in [4.78, 5) is 6.83. The third-order valence-electron chi connectivity index (χ3n) is 4.71. The molecule has 2 aliphatic rings. The number of nitrogens with one attached hydrogen (secondary N) is 1. The van der Waals surface area contributed by atoms with E-state index >= 15 is 0 Å². The number of aromatic nitrogens is 1. The molecule has 4 heteroatoms. The molecule has 2 fully saturated rings. The molecule has 0 amide bonds. The van der Waals surface area contributed by atoms with Gasteiger partial charge >= 0.3 is 0 Å². The number of methoxy groups -OCH3 is 1. The molecular weight excluding hydrogens is 250 g/mol. The van der Waals surface area contributed by atoms with Crippen LogP contribution in [0.25, 0.3) is 0 Å². The van der Waals surface area contributed by atoms with Crippen LogP contribution in [0, 0.1) is 5.92 Å². The molecule has 0 bridgehead atoms. The van der Waals surface area contributed by atoms with Crippen LogP contribution in [-0.2, 0) is 6.54 Å². The fraction of sp³-hybridized carbons (Fsp3) is 0.688. The largest absolute Gasteiger partial charge is 0.481 e. The standard InChI is InChI=1S/C16H25N3O/c1-20-16-5-4-13(11-18-16)12-19-9-6-14(7-10-19)15-3-2-8-17-15/h4-5,11,14-15,17H,2-3,6-10,12H2,1H3. The molecule has 1 N–H and O–H groups in total. The van der Waals surface area contributed by atoms with Crippen molar-refractivity contribution in [2.24, 2.45) is 5.92 Å². The molecule has 0 aliphatic carbocycles. The number of likely N-dealkylation sites (tertiary alicyclic amines) is 1. The molecule has 3 heterocycles.